The third-order valence-electron chi connectivity index (χ3n) is 4.54. The van der Waals surface area contributed by atoms with E-state index in [0.717, 1.165) is 19.3 Å². The van der Waals surface area contributed by atoms with E-state index in [1.807, 2.05) is 0 Å². The van der Waals surface area contributed by atoms with Crippen LogP contribution in [0.15, 0.2) is 18.2 Å². The second kappa shape index (κ2) is 6.28. The predicted octanol–water partition coefficient (Wildman–Crippen LogP) is 3.26. The normalized spacial score (nSPS) is 18.4. The number of hydrogen-bond acceptors (Lipinski definition) is 2. The molecule has 1 heterocycles. The van der Waals surface area contributed by atoms with Crippen LogP contribution in [0.4, 0.5) is 0 Å². The number of nitrogens with two attached hydrogens (primary N) is 1. The lowest BCUT2D eigenvalue weighted by molar-refractivity contribution is 0.215. The summed E-state index contributed by atoms with van der Waals surface area (Å²) in [5.41, 5.74) is 10.6. The fourth-order valence-electron chi connectivity index (χ4n) is 2.90. The van der Waals surface area contributed by atoms with Crippen LogP contribution >= 0.6 is 0 Å². The minimum Gasteiger partial charge on any atom is -0.328 e. The Bertz CT molecular complexity index is 437. The van der Waals surface area contributed by atoms with E-state index in [9.17, 15) is 0 Å². The van der Waals surface area contributed by atoms with Gasteiger partial charge in [0.05, 0.1) is 0 Å². The Labute approximate surface area is 124 Å². The molecule has 0 bridgehead atoms. The monoisotopic (exact) mass is 274 g/mol. The highest BCUT2D eigenvalue weighted by atomic mass is 15.1. The number of aryl methyl sites for hydroxylation is 1. The highest BCUT2D eigenvalue weighted by Crippen LogP contribution is 2.24. The molecule has 0 aromatic heterocycles. The number of piperidine rings is 1. The quantitative estimate of drug-likeness (QED) is 0.916. The molecular formula is C18H30N2. The van der Waals surface area contributed by atoms with Gasteiger partial charge in [0, 0.05) is 12.6 Å². The van der Waals surface area contributed by atoms with Crippen molar-refractivity contribution in [3.05, 3.63) is 34.9 Å². The summed E-state index contributed by atoms with van der Waals surface area (Å²) in [6.45, 7) is 12.6. The van der Waals surface area contributed by atoms with Crippen LogP contribution in [0.1, 0.15) is 50.3 Å². The third-order valence-corrected chi connectivity index (χ3v) is 4.54. The molecule has 1 saturated heterocycles. The molecule has 0 saturated carbocycles. The molecule has 0 unspecified atom stereocenters. The molecular weight excluding hydrogens is 244 g/mol. The predicted molar refractivity (Wildman–Crippen MR) is 87.2 cm³/mol. The van der Waals surface area contributed by atoms with Gasteiger partial charge in [0.1, 0.15) is 0 Å². The maximum atomic E-state index is 5.96. The zero-order chi connectivity index (χ0) is 14.8. The molecule has 112 valence electrons. The number of benzene rings is 1. The number of nitrogens with zero attached hydrogens (tertiary/aromatic N) is 1. The average molecular weight is 274 g/mol. The zero-order valence-corrected chi connectivity index (χ0v) is 13.6. The number of rotatable bonds is 3. The van der Waals surface area contributed by atoms with Gasteiger partial charge in [0.2, 0.25) is 0 Å². The van der Waals surface area contributed by atoms with Gasteiger partial charge in [-0.05, 0) is 61.4 Å². The van der Waals surface area contributed by atoms with Crippen LogP contribution in [0.25, 0.3) is 0 Å². The van der Waals surface area contributed by atoms with Gasteiger partial charge in [-0.1, -0.05) is 39.0 Å². The van der Waals surface area contributed by atoms with Crippen LogP contribution < -0.4 is 5.73 Å². The van der Waals surface area contributed by atoms with Crippen molar-refractivity contribution in [2.24, 2.45) is 5.73 Å². The largest absolute Gasteiger partial charge is 0.328 e. The van der Waals surface area contributed by atoms with E-state index in [-0.39, 0.29) is 5.41 Å². The van der Waals surface area contributed by atoms with E-state index in [0.29, 0.717) is 6.04 Å². The van der Waals surface area contributed by atoms with Gasteiger partial charge < -0.3 is 10.6 Å². The van der Waals surface area contributed by atoms with Gasteiger partial charge in [-0.15, -0.1) is 0 Å². The van der Waals surface area contributed by atoms with Crippen LogP contribution in [0.5, 0.6) is 0 Å². The van der Waals surface area contributed by atoms with Crippen molar-refractivity contribution in [3.8, 4) is 0 Å². The Hall–Kier alpha value is -0.860. The van der Waals surface area contributed by atoms with Crippen LogP contribution in [0.2, 0.25) is 0 Å². The van der Waals surface area contributed by atoms with E-state index in [4.69, 9.17) is 5.73 Å². The maximum absolute atomic E-state index is 5.96. The van der Waals surface area contributed by atoms with Gasteiger partial charge >= 0.3 is 0 Å². The van der Waals surface area contributed by atoms with E-state index >= 15 is 0 Å². The summed E-state index contributed by atoms with van der Waals surface area (Å²) in [6.07, 6.45) is 3.47. The Balaban J connectivity index is 1.93. The summed E-state index contributed by atoms with van der Waals surface area (Å²) in [7, 11) is 0. The molecule has 1 aliphatic heterocycles. The maximum Gasteiger partial charge on any atom is 0.00631 e. The topological polar surface area (TPSA) is 29.3 Å². The minimum absolute atomic E-state index is 0.242. The lowest BCUT2D eigenvalue weighted by atomic mass is 9.85. The fraction of sp³-hybridized carbons (Fsp3) is 0.667. The molecule has 2 N–H and O–H groups in total. The summed E-state index contributed by atoms with van der Waals surface area (Å²) in [5.74, 6) is 0. The van der Waals surface area contributed by atoms with Crippen LogP contribution in [0, 0.1) is 6.92 Å². The Morgan fingerprint density at radius 1 is 1.20 bits per heavy atom. The minimum atomic E-state index is 0.242. The molecule has 1 aromatic carbocycles. The van der Waals surface area contributed by atoms with Crippen molar-refractivity contribution < 1.29 is 0 Å². The van der Waals surface area contributed by atoms with Gasteiger partial charge in [-0.25, -0.2) is 0 Å². The van der Waals surface area contributed by atoms with E-state index in [1.165, 1.54) is 36.3 Å². The van der Waals surface area contributed by atoms with Crippen molar-refractivity contribution in [2.45, 2.75) is 58.4 Å². The molecule has 2 rings (SSSR count). The van der Waals surface area contributed by atoms with Gasteiger partial charge in [0.25, 0.3) is 0 Å². The van der Waals surface area contributed by atoms with Crippen molar-refractivity contribution in [3.63, 3.8) is 0 Å². The Kier molecular flexibility index (Phi) is 4.87. The standard InChI is InChI=1S/C18H30N2/c1-14-13-16(18(2,3)4)6-5-15(14)7-10-20-11-8-17(19)9-12-20/h5-6,13,17H,7-12,19H2,1-4H3. The van der Waals surface area contributed by atoms with Crippen molar-refractivity contribution in [1.29, 1.82) is 0 Å². The van der Waals surface area contributed by atoms with E-state index in [2.05, 4.69) is 50.8 Å². The summed E-state index contributed by atoms with van der Waals surface area (Å²) in [4.78, 5) is 2.56. The zero-order valence-electron chi connectivity index (χ0n) is 13.6. The molecule has 1 aromatic rings. The number of hydrogen-bond donors (Lipinski definition) is 1. The smallest absolute Gasteiger partial charge is 0.00631 e. The fourth-order valence-corrected chi connectivity index (χ4v) is 2.90. The first-order valence-corrected chi connectivity index (χ1v) is 7.94. The third kappa shape index (κ3) is 4.07. The van der Waals surface area contributed by atoms with E-state index < -0.39 is 0 Å². The summed E-state index contributed by atoms with van der Waals surface area (Å²) in [5, 5.41) is 0. The summed E-state index contributed by atoms with van der Waals surface area (Å²) < 4.78 is 0. The van der Waals surface area contributed by atoms with Gasteiger partial charge in [0.15, 0.2) is 0 Å². The van der Waals surface area contributed by atoms with Crippen LogP contribution in [-0.4, -0.2) is 30.6 Å². The highest BCUT2D eigenvalue weighted by molar-refractivity contribution is 5.34. The van der Waals surface area contributed by atoms with Crippen molar-refractivity contribution >= 4 is 0 Å². The molecule has 1 fully saturated rings. The molecule has 1 aliphatic rings. The van der Waals surface area contributed by atoms with E-state index in [1.54, 1.807) is 0 Å². The molecule has 0 amide bonds. The van der Waals surface area contributed by atoms with Gasteiger partial charge in [-0.3, -0.25) is 0 Å². The SMILES string of the molecule is Cc1cc(C(C)(C)C)ccc1CCN1CCC(N)CC1. The van der Waals surface area contributed by atoms with Crippen LogP contribution in [0.3, 0.4) is 0 Å². The lowest BCUT2D eigenvalue weighted by Crippen LogP contribution is -2.40. The molecule has 0 radical (unpaired) electrons. The molecule has 20 heavy (non-hydrogen) atoms. The summed E-state index contributed by atoms with van der Waals surface area (Å²) in [6, 6.07) is 7.42. The molecule has 2 nitrogen and oxygen atoms in total. The number of likely N-dealkylation sites (tertiary alicyclic amines) is 1. The first-order chi connectivity index (χ1) is 9.36. The molecule has 2 heteroatoms. The summed E-state index contributed by atoms with van der Waals surface area (Å²) >= 11 is 0. The lowest BCUT2D eigenvalue weighted by Gasteiger charge is -2.30. The first-order valence-electron chi connectivity index (χ1n) is 7.94. The first kappa shape index (κ1) is 15.5. The second-order valence-corrected chi connectivity index (χ2v) is 7.32. The van der Waals surface area contributed by atoms with Crippen LogP contribution in [-0.2, 0) is 11.8 Å². The molecule has 0 atom stereocenters. The Morgan fingerprint density at radius 3 is 2.40 bits per heavy atom. The molecule has 0 aliphatic carbocycles. The second-order valence-electron chi connectivity index (χ2n) is 7.32. The average Bonchev–Trinajstić information content (AvgIpc) is 2.38. The van der Waals surface area contributed by atoms with Crippen molar-refractivity contribution in [2.75, 3.05) is 19.6 Å². The Morgan fingerprint density at radius 2 is 1.85 bits per heavy atom. The van der Waals surface area contributed by atoms with Crippen molar-refractivity contribution in [1.82, 2.24) is 4.90 Å². The highest BCUT2D eigenvalue weighted by Gasteiger charge is 2.17. The molecule has 0 spiro atoms. The van der Waals surface area contributed by atoms with Gasteiger partial charge in [-0.2, -0.15) is 0 Å².